The highest BCUT2D eigenvalue weighted by Crippen LogP contribution is 2.24. The number of ether oxygens (including phenoxy) is 1. The van der Waals surface area contributed by atoms with Gasteiger partial charge >= 0.3 is 5.97 Å². The van der Waals surface area contributed by atoms with Crippen molar-refractivity contribution in [3.05, 3.63) is 38.5 Å². The molecule has 2 aromatic rings. The van der Waals surface area contributed by atoms with E-state index in [1.54, 1.807) is 22.7 Å². The summed E-state index contributed by atoms with van der Waals surface area (Å²) in [6, 6.07) is 4.03. The number of nitrogens with one attached hydrogen (secondary N) is 1. The standard InChI is InChI=1S/C14H18N2O2S2/c1-14(2,13-15-6-7-19-13)16-9-11-5-4-10(20-11)8-12(17)18-3/h4-7,16H,8-9H2,1-3H3. The smallest absolute Gasteiger partial charge is 0.310 e. The molecule has 1 N–H and O–H groups in total. The van der Waals surface area contributed by atoms with Gasteiger partial charge in [0.15, 0.2) is 0 Å². The summed E-state index contributed by atoms with van der Waals surface area (Å²) in [6.07, 6.45) is 2.17. The number of esters is 1. The number of nitrogens with zero attached hydrogens (tertiary/aromatic N) is 1. The first-order valence-electron chi connectivity index (χ1n) is 6.30. The van der Waals surface area contributed by atoms with Crippen LogP contribution in [0.1, 0.15) is 28.6 Å². The summed E-state index contributed by atoms with van der Waals surface area (Å²) < 4.78 is 4.67. The van der Waals surface area contributed by atoms with E-state index in [0.717, 1.165) is 16.4 Å². The topological polar surface area (TPSA) is 51.2 Å². The Bertz CT molecular complexity index is 562. The van der Waals surface area contributed by atoms with Gasteiger partial charge in [0.2, 0.25) is 0 Å². The summed E-state index contributed by atoms with van der Waals surface area (Å²) in [5.41, 5.74) is -0.152. The lowest BCUT2D eigenvalue weighted by molar-refractivity contribution is -0.139. The molecule has 20 heavy (non-hydrogen) atoms. The quantitative estimate of drug-likeness (QED) is 0.834. The van der Waals surface area contributed by atoms with Gasteiger partial charge in [0.25, 0.3) is 0 Å². The van der Waals surface area contributed by atoms with E-state index < -0.39 is 0 Å². The van der Waals surface area contributed by atoms with Gasteiger partial charge < -0.3 is 10.1 Å². The minimum atomic E-state index is -0.200. The first kappa shape index (κ1) is 15.2. The largest absolute Gasteiger partial charge is 0.469 e. The zero-order valence-corrected chi connectivity index (χ0v) is 13.4. The molecule has 0 fully saturated rings. The van der Waals surface area contributed by atoms with E-state index in [1.807, 2.05) is 23.7 Å². The predicted molar refractivity (Wildman–Crippen MR) is 82.0 cm³/mol. The van der Waals surface area contributed by atoms with Crippen molar-refractivity contribution in [3.8, 4) is 0 Å². The van der Waals surface area contributed by atoms with E-state index in [-0.39, 0.29) is 11.5 Å². The highest BCUT2D eigenvalue weighted by atomic mass is 32.1. The molecule has 0 bridgehead atoms. The first-order valence-corrected chi connectivity index (χ1v) is 8.00. The molecule has 0 amide bonds. The molecule has 0 radical (unpaired) electrons. The predicted octanol–water partition coefficient (Wildman–Crippen LogP) is 2.95. The molecule has 0 aromatic carbocycles. The van der Waals surface area contributed by atoms with E-state index in [2.05, 4.69) is 28.9 Å². The molecule has 0 saturated carbocycles. The molecular weight excluding hydrogens is 292 g/mol. The second kappa shape index (κ2) is 6.47. The molecule has 108 valence electrons. The van der Waals surface area contributed by atoms with Gasteiger partial charge in [-0.3, -0.25) is 4.79 Å². The summed E-state index contributed by atoms with van der Waals surface area (Å²) in [7, 11) is 1.41. The van der Waals surface area contributed by atoms with Gasteiger partial charge in [0.05, 0.1) is 19.1 Å². The van der Waals surface area contributed by atoms with Crippen molar-refractivity contribution >= 4 is 28.6 Å². The summed E-state index contributed by atoms with van der Waals surface area (Å²) in [5.74, 6) is -0.200. The van der Waals surface area contributed by atoms with Gasteiger partial charge in [-0.2, -0.15) is 0 Å². The van der Waals surface area contributed by atoms with Gasteiger partial charge in [0, 0.05) is 27.9 Å². The summed E-state index contributed by atoms with van der Waals surface area (Å²) in [6.45, 7) is 5.00. The number of methoxy groups -OCH3 is 1. The molecule has 0 aliphatic heterocycles. The monoisotopic (exact) mass is 310 g/mol. The van der Waals surface area contributed by atoms with Gasteiger partial charge in [-0.05, 0) is 26.0 Å². The SMILES string of the molecule is COC(=O)Cc1ccc(CNC(C)(C)c2nccs2)s1. The van der Waals surface area contributed by atoms with Crippen molar-refractivity contribution in [1.29, 1.82) is 0 Å². The highest BCUT2D eigenvalue weighted by molar-refractivity contribution is 7.12. The molecule has 2 heterocycles. The summed E-state index contributed by atoms with van der Waals surface area (Å²) in [4.78, 5) is 17.8. The fourth-order valence-electron chi connectivity index (χ4n) is 1.74. The van der Waals surface area contributed by atoms with Crippen LogP contribution in [0.4, 0.5) is 0 Å². The van der Waals surface area contributed by atoms with Crippen molar-refractivity contribution in [2.24, 2.45) is 0 Å². The highest BCUT2D eigenvalue weighted by Gasteiger charge is 2.22. The van der Waals surface area contributed by atoms with Crippen LogP contribution in [0.3, 0.4) is 0 Å². The van der Waals surface area contributed by atoms with Crippen molar-refractivity contribution in [2.75, 3.05) is 7.11 Å². The Labute approximate surface area is 126 Å². The van der Waals surface area contributed by atoms with Crippen LogP contribution in [0.15, 0.2) is 23.7 Å². The Kier molecular flexibility index (Phi) is 4.91. The number of aromatic nitrogens is 1. The molecule has 4 nitrogen and oxygen atoms in total. The fraction of sp³-hybridized carbons (Fsp3) is 0.429. The summed E-state index contributed by atoms with van der Waals surface area (Å²) in [5, 5.41) is 6.56. The number of thiophene rings is 1. The van der Waals surface area contributed by atoms with Gasteiger partial charge in [-0.1, -0.05) is 0 Å². The first-order chi connectivity index (χ1) is 9.51. The van der Waals surface area contributed by atoms with Gasteiger partial charge in [-0.25, -0.2) is 4.98 Å². The maximum absolute atomic E-state index is 11.2. The van der Waals surface area contributed by atoms with Crippen LogP contribution < -0.4 is 5.32 Å². The van der Waals surface area contributed by atoms with Crippen LogP contribution in [0.5, 0.6) is 0 Å². The van der Waals surface area contributed by atoms with Crippen LogP contribution in [-0.4, -0.2) is 18.1 Å². The minimum absolute atomic E-state index is 0.152. The van der Waals surface area contributed by atoms with Crippen LogP contribution >= 0.6 is 22.7 Å². The Hall–Kier alpha value is -1.24. The number of rotatable bonds is 6. The molecule has 0 spiro atoms. The molecular formula is C14H18N2O2S2. The van der Waals surface area contributed by atoms with Gasteiger partial charge in [0.1, 0.15) is 5.01 Å². The lowest BCUT2D eigenvalue weighted by Crippen LogP contribution is -2.35. The molecule has 6 heteroatoms. The van der Waals surface area contributed by atoms with Crippen molar-refractivity contribution < 1.29 is 9.53 Å². The Morgan fingerprint density at radius 1 is 1.40 bits per heavy atom. The van der Waals surface area contributed by atoms with Crippen molar-refractivity contribution in [1.82, 2.24) is 10.3 Å². The Balaban J connectivity index is 1.93. The third kappa shape index (κ3) is 3.88. The molecule has 2 aromatic heterocycles. The number of hydrogen-bond acceptors (Lipinski definition) is 6. The van der Waals surface area contributed by atoms with E-state index in [1.165, 1.54) is 12.0 Å². The molecule has 0 unspecified atom stereocenters. The van der Waals surface area contributed by atoms with E-state index in [4.69, 9.17) is 0 Å². The zero-order chi connectivity index (χ0) is 14.6. The number of carbonyl (C=O) groups excluding carboxylic acids is 1. The number of carbonyl (C=O) groups is 1. The van der Waals surface area contributed by atoms with Gasteiger partial charge in [-0.15, -0.1) is 22.7 Å². The Morgan fingerprint density at radius 2 is 2.15 bits per heavy atom. The van der Waals surface area contributed by atoms with Crippen LogP contribution in [0.25, 0.3) is 0 Å². The third-order valence-electron chi connectivity index (χ3n) is 2.94. The summed E-state index contributed by atoms with van der Waals surface area (Å²) >= 11 is 3.28. The molecule has 0 aliphatic carbocycles. The fourth-order valence-corrected chi connectivity index (χ4v) is 3.43. The minimum Gasteiger partial charge on any atom is -0.469 e. The Morgan fingerprint density at radius 3 is 2.80 bits per heavy atom. The maximum atomic E-state index is 11.2. The average Bonchev–Trinajstić information content (AvgIpc) is 3.08. The van der Waals surface area contributed by atoms with E-state index in [0.29, 0.717) is 6.42 Å². The van der Waals surface area contributed by atoms with Crippen molar-refractivity contribution in [3.63, 3.8) is 0 Å². The molecule has 0 saturated heterocycles. The average molecular weight is 310 g/mol. The number of thiazole rings is 1. The lowest BCUT2D eigenvalue weighted by Gasteiger charge is -2.23. The lowest BCUT2D eigenvalue weighted by atomic mass is 10.1. The maximum Gasteiger partial charge on any atom is 0.310 e. The second-order valence-corrected chi connectivity index (χ2v) is 7.08. The molecule has 0 atom stereocenters. The number of hydrogen-bond donors (Lipinski definition) is 1. The van der Waals surface area contributed by atoms with Crippen molar-refractivity contribution in [2.45, 2.75) is 32.4 Å². The molecule has 2 rings (SSSR count). The van der Waals surface area contributed by atoms with Crippen LogP contribution in [0.2, 0.25) is 0 Å². The second-order valence-electron chi connectivity index (χ2n) is 4.94. The molecule has 0 aliphatic rings. The zero-order valence-electron chi connectivity index (χ0n) is 11.8. The van der Waals surface area contributed by atoms with E-state index >= 15 is 0 Å². The van der Waals surface area contributed by atoms with Crippen LogP contribution in [0, 0.1) is 0 Å². The van der Waals surface area contributed by atoms with E-state index in [9.17, 15) is 4.79 Å². The van der Waals surface area contributed by atoms with Crippen LogP contribution in [-0.2, 0) is 28.0 Å². The normalized spacial score (nSPS) is 11.6. The third-order valence-corrected chi connectivity index (χ3v) is 5.12.